The molecule has 0 aliphatic rings. The van der Waals surface area contributed by atoms with Gasteiger partial charge in [0.2, 0.25) is 6.29 Å². The van der Waals surface area contributed by atoms with E-state index in [-0.39, 0.29) is 0 Å². The molecule has 1 unspecified atom stereocenters. The van der Waals surface area contributed by atoms with Gasteiger partial charge in [-0.15, -0.1) is 0 Å². The summed E-state index contributed by atoms with van der Waals surface area (Å²) in [4.78, 5) is 17.2. The molecule has 0 saturated carbocycles. The van der Waals surface area contributed by atoms with E-state index in [0.29, 0.717) is 23.7 Å². The fourth-order valence-electron chi connectivity index (χ4n) is 2.53. The Morgan fingerprint density at radius 2 is 1.89 bits per heavy atom. The highest BCUT2D eigenvalue weighted by molar-refractivity contribution is 6.76. The van der Waals surface area contributed by atoms with Gasteiger partial charge >= 0.3 is 6.09 Å². The molecular formula is C21H32N2O4Si. The maximum atomic E-state index is 12.5. The van der Waals surface area contributed by atoms with Crippen LogP contribution in [0.1, 0.15) is 32.8 Å². The Balaban J connectivity index is 2.21. The molecule has 2 aromatic heterocycles. The van der Waals surface area contributed by atoms with E-state index in [4.69, 9.17) is 14.2 Å². The maximum Gasteiger partial charge on any atom is 0.419 e. The van der Waals surface area contributed by atoms with Crippen molar-refractivity contribution in [2.24, 2.45) is 0 Å². The van der Waals surface area contributed by atoms with Gasteiger partial charge in [-0.25, -0.2) is 9.78 Å². The van der Waals surface area contributed by atoms with Gasteiger partial charge in [0.05, 0.1) is 17.1 Å². The fraction of sp³-hybridized carbons (Fsp3) is 0.524. The molecule has 2 rings (SSSR count). The Kier molecular flexibility index (Phi) is 7.20. The molecule has 0 amide bonds. The third-order valence-electron chi connectivity index (χ3n) is 3.95. The summed E-state index contributed by atoms with van der Waals surface area (Å²) >= 11 is 0. The lowest BCUT2D eigenvalue weighted by molar-refractivity contribution is -0.126. The number of nitrogens with zero attached hydrogens (tertiary/aromatic N) is 2. The minimum absolute atomic E-state index is 0.436. The number of rotatable bonds is 7. The van der Waals surface area contributed by atoms with Crippen molar-refractivity contribution in [1.29, 1.82) is 0 Å². The Labute approximate surface area is 168 Å². The van der Waals surface area contributed by atoms with Crippen LogP contribution < -0.4 is 0 Å². The van der Waals surface area contributed by atoms with Gasteiger partial charge in [-0.05, 0) is 51.1 Å². The monoisotopic (exact) mass is 404 g/mol. The topological polar surface area (TPSA) is 62.6 Å². The van der Waals surface area contributed by atoms with Crippen molar-refractivity contribution in [1.82, 2.24) is 9.55 Å². The summed E-state index contributed by atoms with van der Waals surface area (Å²) in [5.41, 5.74) is 1.42. The second-order valence-corrected chi connectivity index (χ2v) is 14.6. The quantitative estimate of drug-likeness (QED) is 0.461. The number of aromatic nitrogens is 2. The second kappa shape index (κ2) is 9.02. The van der Waals surface area contributed by atoms with E-state index in [1.165, 1.54) is 4.57 Å². The van der Waals surface area contributed by atoms with Crippen LogP contribution in [0, 0.1) is 0 Å². The number of pyridine rings is 1. The summed E-state index contributed by atoms with van der Waals surface area (Å²) in [7, 11) is 0.420. The van der Waals surface area contributed by atoms with E-state index in [9.17, 15) is 4.79 Å². The van der Waals surface area contributed by atoms with E-state index in [1.807, 2.05) is 45.0 Å². The van der Waals surface area contributed by atoms with Crippen molar-refractivity contribution in [2.45, 2.75) is 58.3 Å². The zero-order chi connectivity index (χ0) is 20.9. The second-order valence-electron chi connectivity index (χ2n) is 8.94. The van der Waals surface area contributed by atoms with Crippen molar-refractivity contribution >= 4 is 14.2 Å². The number of methoxy groups -OCH3 is 1. The lowest BCUT2D eigenvalue weighted by atomic mass is 10.2. The SMILES string of the molecule is COC(OCC[Si](C)(C)C)c1cccc(-c2cccn2C(=O)OC(C)(C)C)n1. The molecule has 7 heteroatoms. The number of hydrogen-bond acceptors (Lipinski definition) is 5. The van der Waals surface area contributed by atoms with Crippen LogP contribution in [-0.4, -0.2) is 43.0 Å². The van der Waals surface area contributed by atoms with Gasteiger partial charge in [0.15, 0.2) is 0 Å². The molecule has 0 aliphatic carbocycles. The predicted octanol–water partition coefficient (Wildman–Crippen LogP) is 5.33. The first kappa shape index (κ1) is 22.3. The third kappa shape index (κ3) is 6.58. The minimum Gasteiger partial charge on any atom is -0.443 e. The normalized spacial score (nSPS) is 13.4. The van der Waals surface area contributed by atoms with Crippen LogP contribution in [0.4, 0.5) is 4.79 Å². The van der Waals surface area contributed by atoms with Crippen LogP contribution in [0.5, 0.6) is 0 Å². The molecule has 0 N–H and O–H groups in total. The molecule has 1 atom stereocenters. The van der Waals surface area contributed by atoms with Gasteiger partial charge in [0, 0.05) is 28.0 Å². The molecule has 0 spiro atoms. The third-order valence-corrected chi connectivity index (χ3v) is 5.65. The first-order valence-electron chi connectivity index (χ1n) is 9.52. The lowest BCUT2D eigenvalue weighted by Crippen LogP contribution is -2.27. The molecule has 6 nitrogen and oxygen atoms in total. The molecule has 0 saturated heterocycles. The largest absolute Gasteiger partial charge is 0.443 e. The predicted molar refractivity (Wildman–Crippen MR) is 113 cm³/mol. The van der Waals surface area contributed by atoms with E-state index in [2.05, 4.69) is 24.6 Å². The zero-order valence-corrected chi connectivity index (χ0v) is 19.0. The number of carbonyl (C=O) groups is 1. The lowest BCUT2D eigenvalue weighted by Gasteiger charge is -2.21. The molecular weight excluding hydrogens is 372 g/mol. The van der Waals surface area contributed by atoms with Crippen LogP contribution >= 0.6 is 0 Å². The van der Waals surface area contributed by atoms with Gasteiger partial charge in [-0.2, -0.15) is 0 Å². The zero-order valence-electron chi connectivity index (χ0n) is 18.0. The highest BCUT2D eigenvalue weighted by Gasteiger charge is 2.21. The molecule has 2 heterocycles. The van der Waals surface area contributed by atoms with E-state index < -0.39 is 26.1 Å². The average Bonchev–Trinajstić information content (AvgIpc) is 3.06. The number of carbonyl (C=O) groups excluding carboxylic acids is 1. The summed E-state index contributed by atoms with van der Waals surface area (Å²) in [5, 5.41) is 0. The Bertz CT molecular complexity index is 790. The van der Waals surface area contributed by atoms with Crippen LogP contribution in [0.2, 0.25) is 25.7 Å². The Morgan fingerprint density at radius 1 is 1.18 bits per heavy atom. The van der Waals surface area contributed by atoms with Gasteiger partial charge in [-0.3, -0.25) is 4.57 Å². The number of ether oxygens (including phenoxy) is 3. The molecule has 0 aromatic carbocycles. The highest BCUT2D eigenvalue weighted by Crippen LogP contribution is 2.24. The Morgan fingerprint density at radius 3 is 2.50 bits per heavy atom. The molecule has 28 heavy (non-hydrogen) atoms. The van der Waals surface area contributed by atoms with Crippen LogP contribution in [0.15, 0.2) is 36.5 Å². The van der Waals surface area contributed by atoms with Crippen LogP contribution in [0.3, 0.4) is 0 Å². The van der Waals surface area contributed by atoms with Gasteiger partial charge < -0.3 is 14.2 Å². The van der Waals surface area contributed by atoms with Crippen molar-refractivity contribution in [3.05, 3.63) is 42.2 Å². The first-order chi connectivity index (χ1) is 13.0. The Hall–Kier alpha value is -1.96. The standard InChI is InChI=1S/C21H32N2O4Si/c1-21(2,3)27-20(24)23-13-9-12-18(23)16-10-8-11-17(22-16)19(25-4)26-14-15-28(5,6)7/h8-13,19H,14-15H2,1-7H3. The smallest absolute Gasteiger partial charge is 0.419 e. The maximum absolute atomic E-state index is 12.5. The van der Waals surface area contributed by atoms with E-state index in [1.54, 1.807) is 19.4 Å². The summed E-state index contributed by atoms with van der Waals surface area (Å²) in [5.74, 6) is 0. The van der Waals surface area contributed by atoms with E-state index in [0.717, 1.165) is 6.04 Å². The molecule has 0 bridgehead atoms. The average molecular weight is 405 g/mol. The number of hydrogen-bond donors (Lipinski definition) is 0. The molecule has 0 fully saturated rings. The van der Waals surface area contributed by atoms with Gasteiger partial charge in [0.1, 0.15) is 5.60 Å². The van der Waals surface area contributed by atoms with Crippen molar-refractivity contribution in [3.8, 4) is 11.4 Å². The highest BCUT2D eigenvalue weighted by atomic mass is 28.3. The molecule has 0 aliphatic heterocycles. The van der Waals surface area contributed by atoms with Gasteiger partial charge in [-0.1, -0.05) is 25.7 Å². The molecule has 154 valence electrons. The molecule has 2 aromatic rings. The van der Waals surface area contributed by atoms with Crippen molar-refractivity contribution in [3.63, 3.8) is 0 Å². The summed E-state index contributed by atoms with van der Waals surface area (Å²) < 4.78 is 18.4. The van der Waals surface area contributed by atoms with Crippen molar-refractivity contribution in [2.75, 3.05) is 13.7 Å². The minimum atomic E-state index is -1.19. The van der Waals surface area contributed by atoms with Gasteiger partial charge in [0.25, 0.3) is 0 Å². The van der Waals surface area contributed by atoms with E-state index >= 15 is 0 Å². The summed E-state index contributed by atoms with van der Waals surface area (Å²) in [6.07, 6.45) is 0.700. The van der Waals surface area contributed by atoms with Crippen LogP contribution in [0.25, 0.3) is 11.4 Å². The van der Waals surface area contributed by atoms with Crippen LogP contribution in [-0.2, 0) is 14.2 Å². The fourth-order valence-corrected chi connectivity index (χ4v) is 3.26. The first-order valence-corrected chi connectivity index (χ1v) is 13.2. The summed E-state index contributed by atoms with van der Waals surface area (Å²) in [6.45, 7) is 13.1. The molecule has 0 radical (unpaired) electrons. The summed E-state index contributed by atoms with van der Waals surface area (Å²) in [6, 6.07) is 10.3. The van der Waals surface area contributed by atoms with Crippen molar-refractivity contribution < 1.29 is 19.0 Å².